The number of aromatic nitrogens is 1. The van der Waals surface area contributed by atoms with Crippen molar-refractivity contribution in [2.45, 2.75) is 12.5 Å². The highest BCUT2D eigenvalue weighted by Gasteiger charge is 2.15. The Hall–Kier alpha value is -1.00. The van der Waals surface area contributed by atoms with E-state index in [4.69, 9.17) is 0 Å². The summed E-state index contributed by atoms with van der Waals surface area (Å²) in [6.07, 6.45) is 2.75. The van der Waals surface area contributed by atoms with Crippen LogP contribution in [0.2, 0.25) is 0 Å². The summed E-state index contributed by atoms with van der Waals surface area (Å²) in [5.41, 5.74) is 0. The van der Waals surface area contributed by atoms with Gasteiger partial charge in [-0.25, -0.2) is 4.98 Å². The molecule has 2 heterocycles. The number of aromatic hydroxyl groups is 1. The van der Waals surface area contributed by atoms with Crippen LogP contribution < -0.4 is 10.6 Å². The first-order chi connectivity index (χ1) is 6.36. The van der Waals surface area contributed by atoms with E-state index in [-0.39, 0.29) is 18.2 Å². The molecule has 2 rings (SSSR count). The van der Waals surface area contributed by atoms with E-state index in [0.717, 1.165) is 19.5 Å². The van der Waals surface area contributed by atoms with Gasteiger partial charge in [0.25, 0.3) is 0 Å². The molecule has 1 aliphatic rings. The van der Waals surface area contributed by atoms with E-state index >= 15 is 0 Å². The molecule has 0 aliphatic carbocycles. The van der Waals surface area contributed by atoms with Crippen molar-refractivity contribution >= 4 is 18.2 Å². The van der Waals surface area contributed by atoms with E-state index in [0.29, 0.717) is 11.9 Å². The third-order valence-corrected chi connectivity index (χ3v) is 2.19. The van der Waals surface area contributed by atoms with Crippen molar-refractivity contribution in [3.8, 4) is 5.75 Å². The lowest BCUT2D eigenvalue weighted by molar-refractivity contribution is 0.474. The molecule has 0 saturated carbocycles. The maximum absolute atomic E-state index is 9.43. The van der Waals surface area contributed by atoms with Gasteiger partial charge >= 0.3 is 0 Å². The van der Waals surface area contributed by atoms with E-state index in [1.165, 1.54) is 0 Å². The number of rotatable bonds is 2. The summed E-state index contributed by atoms with van der Waals surface area (Å²) >= 11 is 0. The predicted octanol–water partition coefficient (Wildman–Crippen LogP) is 0.983. The molecular weight excluding hydrogens is 202 g/mol. The third kappa shape index (κ3) is 2.49. The van der Waals surface area contributed by atoms with Gasteiger partial charge < -0.3 is 15.7 Å². The third-order valence-electron chi connectivity index (χ3n) is 2.19. The van der Waals surface area contributed by atoms with Crippen LogP contribution >= 0.6 is 12.4 Å². The van der Waals surface area contributed by atoms with Gasteiger partial charge in [-0.05, 0) is 25.1 Å². The van der Waals surface area contributed by atoms with Crippen molar-refractivity contribution in [1.82, 2.24) is 10.3 Å². The quantitative estimate of drug-likeness (QED) is 0.689. The van der Waals surface area contributed by atoms with Gasteiger partial charge in [-0.3, -0.25) is 0 Å². The van der Waals surface area contributed by atoms with Crippen molar-refractivity contribution < 1.29 is 5.11 Å². The number of pyridine rings is 1. The summed E-state index contributed by atoms with van der Waals surface area (Å²) in [6, 6.07) is 3.74. The Morgan fingerprint density at radius 3 is 3.07 bits per heavy atom. The Kier molecular flexibility index (Phi) is 3.98. The molecule has 1 atom stereocenters. The maximum atomic E-state index is 9.43. The molecule has 3 N–H and O–H groups in total. The van der Waals surface area contributed by atoms with Crippen molar-refractivity contribution in [3.05, 3.63) is 18.3 Å². The van der Waals surface area contributed by atoms with Crippen LogP contribution in [0.4, 0.5) is 5.82 Å². The van der Waals surface area contributed by atoms with Gasteiger partial charge in [0.2, 0.25) is 0 Å². The van der Waals surface area contributed by atoms with Crippen molar-refractivity contribution in [2.24, 2.45) is 0 Å². The van der Waals surface area contributed by atoms with Gasteiger partial charge in [0.05, 0.1) is 0 Å². The molecule has 1 aromatic heterocycles. The minimum atomic E-state index is 0. The fraction of sp³-hybridized carbons (Fsp3) is 0.444. The fourth-order valence-electron chi connectivity index (χ4n) is 1.48. The standard InChI is InChI=1S/C9H13N3O.ClH/c13-8-2-1-4-11-9(8)12-7-3-5-10-6-7;/h1-2,4,7,10,13H,3,5-6H2,(H,11,12);1H. The highest BCUT2D eigenvalue weighted by molar-refractivity contribution is 5.85. The molecule has 78 valence electrons. The van der Waals surface area contributed by atoms with Crippen LogP contribution in [0.25, 0.3) is 0 Å². The lowest BCUT2D eigenvalue weighted by atomic mass is 10.2. The minimum Gasteiger partial charge on any atom is -0.504 e. The predicted molar refractivity (Wildman–Crippen MR) is 58.0 cm³/mol. The highest BCUT2D eigenvalue weighted by atomic mass is 35.5. The zero-order chi connectivity index (χ0) is 9.10. The number of nitrogens with zero attached hydrogens (tertiary/aromatic N) is 1. The largest absolute Gasteiger partial charge is 0.504 e. The van der Waals surface area contributed by atoms with Crippen LogP contribution in [0.5, 0.6) is 5.75 Å². The molecule has 1 aliphatic heterocycles. The molecule has 4 nitrogen and oxygen atoms in total. The molecule has 5 heteroatoms. The number of nitrogens with one attached hydrogen (secondary N) is 2. The second kappa shape index (κ2) is 5.02. The molecule has 0 bridgehead atoms. The molecule has 0 aromatic carbocycles. The van der Waals surface area contributed by atoms with Gasteiger partial charge in [-0.15, -0.1) is 12.4 Å². The molecule has 1 aromatic rings. The first kappa shape index (κ1) is 11.1. The zero-order valence-electron chi connectivity index (χ0n) is 7.73. The van der Waals surface area contributed by atoms with Crippen molar-refractivity contribution in [3.63, 3.8) is 0 Å². The highest BCUT2D eigenvalue weighted by Crippen LogP contribution is 2.20. The molecule has 1 unspecified atom stereocenters. The summed E-state index contributed by atoms with van der Waals surface area (Å²) in [5.74, 6) is 0.797. The monoisotopic (exact) mass is 215 g/mol. The molecule has 14 heavy (non-hydrogen) atoms. The first-order valence-electron chi connectivity index (χ1n) is 4.47. The van der Waals surface area contributed by atoms with Gasteiger partial charge in [0.1, 0.15) is 0 Å². The van der Waals surface area contributed by atoms with Crippen LogP contribution in [-0.4, -0.2) is 29.2 Å². The molecule has 1 saturated heterocycles. The fourth-order valence-corrected chi connectivity index (χ4v) is 1.48. The average Bonchev–Trinajstić information content (AvgIpc) is 2.61. The van der Waals surface area contributed by atoms with Crippen LogP contribution in [0.1, 0.15) is 6.42 Å². The molecule has 0 radical (unpaired) electrons. The molecule has 0 amide bonds. The second-order valence-corrected chi connectivity index (χ2v) is 3.21. The van der Waals surface area contributed by atoms with E-state index in [9.17, 15) is 5.11 Å². The summed E-state index contributed by atoms with van der Waals surface area (Å²) in [5, 5.41) is 15.9. The lowest BCUT2D eigenvalue weighted by Crippen LogP contribution is -2.22. The Morgan fingerprint density at radius 2 is 2.43 bits per heavy atom. The maximum Gasteiger partial charge on any atom is 0.168 e. The Morgan fingerprint density at radius 1 is 1.57 bits per heavy atom. The number of halogens is 1. The SMILES string of the molecule is Cl.Oc1cccnc1NC1CCNC1. The summed E-state index contributed by atoms with van der Waals surface area (Å²) in [7, 11) is 0. The van der Waals surface area contributed by atoms with Gasteiger partial charge in [0.15, 0.2) is 11.6 Å². The summed E-state index contributed by atoms with van der Waals surface area (Å²) in [6.45, 7) is 1.97. The van der Waals surface area contributed by atoms with E-state index in [1.54, 1.807) is 18.3 Å². The number of anilines is 1. The lowest BCUT2D eigenvalue weighted by Gasteiger charge is -2.12. The van der Waals surface area contributed by atoms with Crippen molar-refractivity contribution in [1.29, 1.82) is 0 Å². The average molecular weight is 216 g/mol. The minimum absolute atomic E-state index is 0. The van der Waals surface area contributed by atoms with E-state index in [1.807, 2.05) is 0 Å². The Balaban J connectivity index is 0.000000980. The molecule has 0 spiro atoms. The number of hydrogen-bond donors (Lipinski definition) is 3. The van der Waals surface area contributed by atoms with Crippen LogP contribution in [0, 0.1) is 0 Å². The van der Waals surface area contributed by atoms with Gasteiger partial charge in [0, 0.05) is 18.8 Å². The Bertz CT molecular complexity index is 289. The van der Waals surface area contributed by atoms with Crippen LogP contribution in [0.15, 0.2) is 18.3 Å². The molecular formula is C9H14ClN3O. The molecule has 1 fully saturated rings. The van der Waals surface area contributed by atoms with Gasteiger partial charge in [-0.1, -0.05) is 0 Å². The van der Waals surface area contributed by atoms with E-state index < -0.39 is 0 Å². The number of hydrogen-bond acceptors (Lipinski definition) is 4. The first-order valence-corrected chi connectivity index (χ1v) is 4.47. The normalized spacial score (nSPS) is 20.1. The topological polar surface area (TPSA) is 57.2 Å². The van der Waals surface area contributed by atoms with Crippen LogP contribution in [-0.2, 0) is 0 Å². The Labute approximate surface area is 89.2 Å². The van der Waals surface area contributed by atoms with Crippen LogP contribution in [0.3, 0.4) is 0 Å². The van der Waals surface area contributed by atoms with Crippen molar-refractivity contribution in [2.75, 3.05) is 18.4 Å². The smallest absolute Gasteiger partial charge is 0.168 e. The zero-order valence-corrected chi connectivity index (χ0v) is 8.55. The van der Waals surface area contributed by atoms with Gasteiger partial charge in [-0.2, -0.15) is 0 Å². The summed E-state index contributed by atoms with van der Waals surface area (Å²) in [4.78, 5) is 4.05. The summed E-state index contributed by atoms with van der Waals surface area (Å²) < 4.78 is 0. The second-order valence-electron chi connectivity index (χ2n) is 3.21. The van der Waals surface area contributed by atoms with E-state index in [2.05, 4.69) is 15.6 Å².